The number of benzene rings is 3. The van der Waals surface area contributed by atoms with Gasteiger partial charge in [0, 0.05) is 24.2 Å². The van der Waals surface area contributed by atoms with Gasteiger partial charge in [0.15, 0.2) is 5.78 Å². The minimum Gasteiger partial charge on any atom is -0.289 e. The number of hydrogen-bond donors (Lipinski definition) is 0. The monoisotopic (exact) mass is 483 g/mol. The number of halogens is 1. The van der Waals surface area contributed by atoms with E-state index >= 15 is 0 Å². The zero-order valence-electron chi connectivity index (χ0n) is 18.3. The number of hydrogen-bond acceptors (Lipinski definition) is 5. The summed E-state index contributed by atoms with van der Waals surface area (Å²) in [5.74, 6) is -0.857. The van der Waals surface area contributed by atoms with Crippen LogP contribution < -0.4 is 0 Å². The van der Waals surface area contributed by atoms with Crippen molar-refractivity contribution in [2.24, 2.45) is 0 Å². The molecule has 0 atom stereocenters. The molecule has 0 saturated carbocycles. The van der Waals surface area contributed by atoms with Gasteiger partial charge in [0.25, 0.3) is 0 Å². The summed E-state index contributed by atoms with van der Waals surface area (Å²) in [5.41, 5.74) is 2.73. The van der Waals surface area contributed by atoms with Crippen molar-refractivity contribution in [3.63, 3.8) is 0 Å². The lowest BCUT2D eigenvalue weighted by Gasteiger charge is -2.29. The number of piperidine rings is 1. The van der Waals surface area contributed by atoms with Crippen LogP contribution in [0.5, 0.6) is 0 Å². The molecule has 0 unspecified atom stereocenters. The van der Waals surface area contributed by atoms with Gasteiger partial charge in [-0.2, -0.15) is 14.8 Å². The lowest BCUT2D eigenvalue weighted by Crippen LogP contribution is -2.41. The normalized spacial score (nSPS) is 16.7. The molecule has 8 heteroatoms. The second kappa shape index (κ2) is 9.86. The van der Waals surface area contributed by atoms with E-state index in [9.17, 15) is 17.6 Å². The predicted molar refractivity (Wildman–Crippen MR) is 128 cm³/mol. The van der Waals surface area contributed by atoms with Crippen LogP contribution in [0.1, 0.15) is 22.3 Å². The summed E-state index contributed by atoms with van der Waals surface area (Å²) in [5, 5.41) is 18.0. The van der Waals surface area contributed by atoms with Crippen molar-refractivity contribution in [3.05, 3.63) is 112 Å². The molecular weight excluding hydrogens is 465 g/mol. The summed E-state index contributed by atoms with van der Waals surface area (Å²) in [6.07, 6.45) is 3.20. The number of nitriles is 2. The number of nitrogens with zero attached hydrogens (tertiary/aromatic N) is 3. The van der Waals surface area contributed by atoms with Crippen LogP contribution in [0.2, 0.25) is 0 Å². The quantitative estimate of drug-likeness (QED) is 0.515. The largest absolute Gasteiger partial charge is 0.289 e. The number of Topliss-reactive ketones (excluding diaryl/α,β-unsaturated/α-hetero) is 1. The summed E-state index contributed by atoms with van der Waals surface area (Å²) < 4.78 is 41.2. The lowest BCUT2D eigenvalue weighted by molar-refractivity contribution is -0.113. The van der Waals surface area contributed by atoms with Crippen molar-refractivity contribution < 1.29 is 17.6 Å². The van der Waals surface area contributed by atoms with E-state index in [1.807, 2.05) is 12.1 Å². The van der Waals surface area contributed by atoms with E-state index in [2.05, 4.69) is 0 Å². The Labute approximate surface area is 202 Å². The summed E-state index contributed by atoms with van der Waals surface area (Å²) in [4.78, 5) is 13.2. The van der Waals surface area contributed by atoms with Gasteiger partial charge in [-0.15, -0.1) is 0 Å². The van der Waals surface area contributed by atoms with Crippen LogP contribution in [0.25, 0.3) is 12.2 Å². The Morgan fingerprint density at radius 3 is 1.57 bits per heavy atom. The molecule has 4 rings (SSSR count). The molecule has 0 N–H and O–H groups in total. The minimum absolute atomic E-state index is 0.0799. The van der Waals surface area contributed by atoms with Crippen LogP contribution in [0, 0.1) is 28.5 Å². The highest BCUT2D eigenvalue weighted by molar-refractivity contribution is 7.89. The minimum atomic E-state index is -4.03. The SMILES string of the molecule is N#Cc1ccc(C=C2CN(S(=O)(=O)c3ccc(F)cc3)CC(=Cc3ccc(C#N)cc3)C2=O)cc1. The van der Waals surface area contributed by atoms with Gasteiger partial charge in [-0.05, 0) is 71.8 Å². The number of ketones is 1. The van der Waals surface area contributed by atoms with Gasteiger partial charge < -0.3 is 0 Å². The molecule has 1 aliphatic heterocycles. The van der Waals surface area contributed by atoms with Crippen LogP contribution in [0.4, 0.5) is 4.39 Å². The van der Waals surface area contributed by atoms with E-state index in [0.717, 1.165) is 12.1 Å². The molecule has 6 nitrogen and oxygen atoms in total. The summed E-state index contributed by atoms with van der Waals surface area (Å²) in [7, 11) is -4.03. The standard InChI is InChI=1S/C27H18FN3O3S/c28-25-9-11-26(12-10-25)35(33,34)31-17-23(13-19-1-5-21(15-29)6-2-19)27(32)24(18-31)14-20-3-7-22(16-30)8-4-20/h1-14H,17-18H2. The Kier molecular flexibility index (Phi) is 6.70. The Morgan fingerprint density at radius 2 is 1.17 bits per heavy atom. The first-order valence-electron chi connectivity index (χ1n) is 10.5. The average molecular weight is 484 g/mol. The molecule has 0 aromatic heterocycles. The molecule has 0 amide bonds. The Balaban J connectivity index is 1.77. The first-order valence-corrected chi connectivity index (χ1v) is 12.0. The fourth-order valence-corrected chi connectivity index (χ4v) is 5.04. The third-order valence-electron chi connectivity index (χ3n) is 5.49. The molecule has 3 aromatic rings. The number of carbonyl (C=O) groups is 1. The fourth-order valence-electron chi connectivity index (χ4n) is 3.64. The maximum Gasteiger partial charge on any atom is 0.243 e. The van der Waals surface area contributed by atoms with Gasteiger partial charge in [-0.1, -0.05) is 24.3 Å². The average Bonchev–Trinajstić information content (AvgIpc) is 2.87. The molecule has 3 aromatic carbocycles. The van der Waals surface area contributed by atoms with E-state index < -0.39 is 15.8 Å². The van der Waals surface area contributed by atoms with Crippen molar-refractivity contribution in [2.45, 2.75) is 4.90 Å². The third-order valence-corrected chi connectivity index (χ3v) is 7.30. The number of rotatable bonds is 4. The zero-order chi connectivity index (χ0) is 25.0. The van der Waals surface area contributed by atoms with Gasteiger partial charge in [-0.25, -0.2) is 12.8 Å². The highest BCUT2D eigenvalue weighted by Crippen LogP contribution is 2.27. The lowest BCUT2D eigenvalue weighted by atomic mass is 9.95. The highest BCUT2D eigenvalue weighted by atomic mass is 32.2. The molecule has 35 heavy (non-hydrogen) atoms. The van der Waals surface area contributed by atoms with E-state index in [1.54, 1.807) is 60.7 Å². The molecule has 0 spiro atoms. The Morgan fingerprint density at radius 1 is 0.743 bits per heavy atom. The molecule has 0 aliphatic carbocycles. The van der Waals surface area contributed by atoms with Gasteiger partial charge >= 0.3 is 0 Å². The molecule has 0 radical (unpaired) electrons. The van der Waals surface area contributed by atoms with E-state index in [4.69, 9.17) is 10.5 Å². The maximum atomic E-state index is 13.4. The molecule has 172 valence electrons. The zero-order valence-corrected chi connectivity index (χ0v) is 19.2. The van der Waals surface area contributed by atoms with Crippen LogP contribution in [0.3, 0.4) is 0 Å². The first-order chi connectivity index (χ1) is 16.8. The highest BCUT2D eigenvalue weighted by Gasteiger charge is 2.34. The second-order valence-electron chi connectivity index (χ2n) is 7.86. The van der Waals surface area contributed by atoms with E-state index in [1.165, 1.54) is 16.4 Å². The van der Waals surface area contributed by atoms with Crippen LogP contribution >= 0.6 is 0 Å². The maximum absolute atomic E-state index is 13.4. The van der Waals surface area contributed by atoms with Gasteiger partial charge in [0.1, 0.15) is 5.82 Å². The van der Waals surface area contributed by atoms with Crippen molar-refractivity contribution in [1.82, 2.24) is 4.31 Å². The molecule has 1 heterocycles. The number of carbonyl (C=O) groups excluding carboxylic acids is 1. The second-order valence-corrected chi connectivity index (χ2v) is 9.80. The summed E-state index contributed by atoms with van der Waals surface area (Å²) >= 11 is 0. The van der Waals surface area contributed by atoms with E-state index in [0.29, 0.717) is 22.3 Å². The van der Waals surface area contributed by atoms with Crippen molar-refractivity contribution in [2.75, 3.05) is 13.1 Å². The fraction of sp³-hybridized carbons (Fsp3) is 0.0741. The molecule has 1 fully saturated rings. The Bertz CT molecular complexity index is 1450. The molecular formula is C27H18FN3O3S. The van der Waals surface area contributed by atoms with Gasteiger partial charge in [-0.3, -0.25) is 4.79 Å². The predicted octanol–water partition coefficient (Wildman–Crippen LogP) is 4.31. The summed E-state index contributed by atoms with van der Waals surface area (Å²) in [6.45, 7) is -0.327. The van der Waals surface area contributed by atoms with Crippen LogP contribution in [0.15, 0.2) is 88.8 Å². The third kappa shape index (κ3) is 5.25. The summed E-state index contributed by atoms with van der Waals surface area (Å²) in [6, 6.07) is 21.7. The molecule has 1 saturated heterocycles. The topological polar surface area (TPSA) is 102 Å². The van der Waals surface area contributed by atoms with Crippen molar-refractivity contribution in [1.29, 1.82) is 10.5 Å². The van der Waals surface area contributed by atoms with Crippen molar-refractivity contribution >= 4 is 28.0 Å². The van der Waals surface area contributed by atoms with Crippen LogP contribution in [-0.2, 0) is 14.8 Å². The number of sulfonamides is 1. The Hall–Kier alpha value is -4.37. The molecule has 0 bridgehead atoms. The van der Waals surface area contributed by atoms with Crippen molar-refractivity contribution in [3.8, 4) is 12.1 Å². The smallest absolute Gasteiger partial charge is 0.243 e. The van der Waals surface area contributed by atoms with Gasteiger partial charge in [0.2, 0.25) is 10.0 Å². The van der Waals surface area contributed by atoms with Gasteiger partial charge in [0.05, 0.1) is 28.2 Å². The van der Waals surface area contributed by atoms with E-state index in [-0.39, 0.29) is 34.9 Å². The molecule has 1 aliphatic rings. The van der Waals surface area contributed by atoms with Crippen LogP contribution in [-0.4, -0.2) is 31.6 Å². The first kappa shape index (κ1) is 23.8.